The van der Waals surface area contributed by atoms with Gasteiger partial charge in [-0.2, -0.15) is 0 Å². The van der Waals surface area contributed by atoms with Gasteiger partial charge in [0, 0.05) is 19.1 Å². The van der Waals surface area contributed by atoms with E-state index < -0.39 is 11.5 Å². The smallest absolute Gasteiger partial charge is 0.323 e. The van der Waals surface area contributed by atoms with Crippen LogP contribution in [0.15, 0.2) is 0 Å². The highest BCUT2D eigenvalue weighted by Gasteiger charge is 2.33. The zero-order chi connectivity index (χ0) is 14.5. The molecule has 0 aromatic heterocycles. The molecule has 0 radical (unpaired) electrons. The van der Waals surface area contributed by atoms with Crippen molar-refractivity contribution in [2.75, 3.05) is 39.8 Å². The highest BCUT2D eigenvalue weighted by Crippen LogP contribution is 2.18. The molecular weight excluding hydrogens is 242 g/mol. The van der Waals surface area contributed by atoms with Gasteiger partial charge in [-0.05, 0) is 46.4 Å². The second kappa shape index (κ2) is 7.22. The lowest BCUT2D eigenvalue weighted by Gasteiger charge is -2.28. The summed E-state index contributed by atoms with van der Waals surface area (Å²) in [6, 6.07) is 0.640. The highest BCUT2D eigenvalue weighted by molar-refractivity contribution is 5.78. The average molecular weight is 271 g/mol. The van der Waals surface area contributed by atoms with Gasteiger partial charge in [-0.3, -0.25) is 9.69 Å². The first-order valence-electron chi connectivity index (χ1n) is 7.35. The lowest BCUT2D eigenvalue weighted by atomic mass is 9.98. The van der Waals surface area contributed by atoms with Crippen LogP contribution in [0, 0.1) is 0 Å². The van der Waals surface area contributed by atoms with Gasteiger partial charge in [0.2, 0.25) is 0 Å². The lowest BCUT2D eigenvalue weighted by Crippen LogP contribution is -2.49. The number of nitrogens with one attached hydrogen (secondary N) is 1. The van der Waals surface area contributed by atoms with Gasteiger partial charge in [0.25, 0.3) is 0 Å². The summed E-state index contributed by atoms with van der Waals surface area (Å²) >= 11 is 0. The molecule has 0 aliphatic carbocycles. The molecule has 2 atom stereocenters. The molecule has 1 aliphatic rings. The van der Waals surface area contributed by atoms with E-state index >= 15 is 0 Å². The maximum atomic E-state index is 11.2. The molecule has 1 heterocycles. The van der Waals surface area contributed by atoms with E-state index in [2.05, 4.69) is 29.0 Å². The number of rotatable bonds is 8. The molecule has 2 unspecified atom stereocenters. The number of likely N-dealkylation sites (N-methyl/N-ethyl adjacent to an activating group) is 2. The van der Waals surface area contributed by atoms with Crippen LogP contribution in [0.1, 0.15) is 33.6 Å². The van der Waals surface area contributed by atoms with E-state index in [0.29, 0.717) is 12.5 Å². The Morgan fingerprint density at radius 2 is 2.11 bits per heavy atom. The van der Waals surface area contributed by atoms with E-state index in [4.69, 9.17) is 0 Å². The van der Waals surface area contributed by atoms with Crippen molar-refractivity contribution in [3.05, 3.63) is 0 Å². The van der Waals surface area contributed by atoms with Gasteiger partial charge in [-0.25, -0.2) is 0 Å². The van der Waals surface area contributed by atoms with Gasteiger partial charge in [0.1, 0.15) is 5.54 Å². The summed E-state index contributed by atoms with van der Waals surface area (Å²) in [6.07, 6.45) is 1.84. The van der Waals surface area contributed by atoms with Gasteiger partial charge in [-0.1, -0.05) is 13.8 Å². The van der Waals surface area contributed by atoms with Gasteiger partial charge >= 0.3 is 5.97 Å². The molecule has 0 amide bonds. The van der Waals surface area contributed by atoms with Gasteiger partial charge in [-0.15, -0.1) is 0 Å². The van der Waals surface area contributed by atoms with E-state index in [1.165, 1.54) is 6.42 Å². The Morgan fingerprint density at radius 3 is 2.58 bits per heavy atom. The van der Waals surface area contributed by atoms with Crippen LogP contribution in [0.25, 0.3) is 0 Å². The summed E-state index contributed by atoms with van der Waals surface area (Å²) in [5, 5.41) is 12.2. The van der Waals surface area contributed by atoms with Gasteiger partial charge in [0.15, 0.2) is 0 Å². The van der Waals surface area contributed by atoms with Crippen molar-refractivity contribution >= 4 is 5.97 Å². The van der Waals surface area contributed by atoms with Crippen LogP contribution < -0.4 is 5.32 Å². The number of carboxylic acid groups (broad SMARTS) is 1. The molecule has 2 N–H and O–H groups in total. The second-order valence-electron chi connectivity index (χ2n) is 5.60. The van der Waals surface area contributed by atoms with Crippen LogP contribution in [-0.4, -0.2) is 72.2 Å². The minimum absolute atomic E-state index is 0.640. The zero-order valence-electron chi connectivity index (χ0n) is 12.8. The Balaban J connectivity index is 2.42. The Kier molecular flexibility index (Phi) is 6.23. The largest absolute Gasteiger partial charge is 0.480 e. The third kappa shape index (κ3) is 4.16. The van der Waals surface area contributed by atoms with Crippen LogP contribution >= 0.6 is 0 Å². The predicted octanol–water partition coefficient (Wildman–Crippen LogP) is 0.855. The minimum atomic E-state index is -0.812. The number of hydrogen-bond acceptors (Lipinski definition) is 4. The molecule has 0 aromatic rings. The molecule has 0 bridgehead atoms. The van der Waals surface area contributed by atoms with E-state index in [0.717, 1.165) is 32.7 Å². The van der Waals surface area contributed by atoms with Crippen LogP contribution in [-0.2, 0) is 4.79 Å². The van der Waals surface area contributed by atoms with Crippen LogP contribution in [0.5, 0.6) is 0 Å². The van der Waals surface area contributed by atoms with E-state index in [1.54, 1.807) is 14.0 Å². The fourth-order valence-corrected chi connectivity index (χ4v) is 2.77. The highest BCUT2D eigenvalue weighted by atomic mass is 16.4. The quantitative estimate of drug-likeness (QED) is 0.685. The average Bonchev–Trinajstić information content (AvgIpc) is 2.86. The molecular formula is C14H29N3O2. The van der Waals surface area contributed by atoms with Crippen molar-refractivity contribution in [1.82, 2.24) is 15.1 Å². The first-order valence-corrected chi connectivity index (χ1v) is 7.35. The van der Waals surface area contributed by atoms with Crippen molar-refractivity contribution in [2.24, 2.45) is 0 Å². The SMILES string of the molecule is CCN(CC)C1CCN(CCC(C)(NC)C(=O)O)C1. The maximum Gasteiger partial charge on any atom is 0.323 e. The molecule has 1 rings (SSSR count). The lowest BCUT2D eigenvalue weighted by molar-refractivity contribution is -0.144. The normalized spacial score (nSPS) is 23.7. The van der Waals surface area contributed by atoms with E-state index in [9.17, 15) is 9.90 Å². The molecule has 1 aliphatic heterocycles. The molecule has 1 saturated heterocycles. The topological polar surface area (TPSA) is 55.8 Å². The number of nitrogens with zero attached hydrogens (tertiary/aromatic N) is 2. The molecule has 112 valence electrons. The van der Waals surface area contributed by atoms with E-state index in [-0.39, 0.29) is 0 Å². The standard InChI is InChI=1S/C14H29N3O2/c1-5-17(6-2)12-7-9-16(11-12)10-8-14(3,15-4)13(18)19/h12,15H,5-11H2,1-4H3,(H,18,19). The Morgan fingerprint density at radius 1 is 1.47 bits per heavy atom. The number of aliphatic carboxylic acids is 1. The third-order valence-corrected chi connectivity index (χ3v) is 4.53. The first kappa shape index (κ1) is 16.4. The van der Waals surface area contributed by atoms with E-state index in [1.807, 2.05) is 0 Å². The van der Waals surface area contributed by atoms with Crippen molar-refractivity contribution in [3.63, 3.8) is 0 Å². The Labute approximate surface area is 117 Å². The third-order valence-electron chi connectivity index (χ3n) is 4.53. The zero-order valence-corrected chi connectivity index (χ0v) is 12.8. The predicted molar refractivity (Wildman–Crippen MR) is 77.5 cm³/mol. The Bertz CT molecular complexity index is 294. The van der Waals surface area contributed by atoms with Crippen LogP contribution in [0.4, 0.5) is 0 Å². The molecule has 0 aromatic carbocycles. The molecule has 5 nitrogen and oxygen atoms in total. The monoisotopic (exact) mass is 271 g/mol. The summed E-state index contributed by atoms with van der Waals surface area (Å²) in [7, 11) is 1.72. The number of likely N-dealkylation sites (tertiary alicyclic amines) is 1. The fraction of sp³-hybridized carbons (Fsp3) is 0.929. The van der Waals surface area contributed by atoms with Gasteiger partial charge in [0.05, 0.1) is 0 Å². The van der Waals surface area contributed by atoms with Crippen molar-refractivity contribution < 1.29 is 9.90 Å². The molecule has 19 heavy (non-hydrogen) atoms. The molecule has 0 saturated carbocycles. The van der Waals surface area contributed by atoms with Crippen LogP contribution in [0.3, 0.4) is 0 Å². The number of hydrogen-bond donors (Lipinski definition) is 2. The van der Waals surface area contributed by atoms with Gasteiger partial charge < -0.3 is 15.3 Å². The molecule has 1 fully saturated rings. The van der Waals surface area contributed by atoms with Crippen molar-refractivity contribution in [1.29, 1.82) is 0 Å². The first-order chi connectivity index (χ1) is 8.96. The molecule has 0 spiro atoms. The maximum absolute atomic E-state index is 11.2. The summed E-state index contributed by atoms with van der Waals surface area (Å²) in [5.41, 5.74) is -0.812. The number of carboxylic acids is 1. The van der Waals surface area contributed by atoms with Crippen LogP contribution in [0.2, 0.25) is 0 Å². The van der Waals surface area contributed by atoms with Crippen molar-refractivity contribution in [2.45, 2.75) is 45.2 Å². The summed E-state index contributed by atoms with van der Waals surface area (Å²) in [6.45, 7) is 11.4. The second-order valence-corrected chi connectivity index (χ2v) is 5.60. The minimum Gasteiger partial charge on any atom is -0.480 e. The summed E-state index contributed by atoms with van der Waals surface area (Å²) < 4.78 is 0. The summed E-state index contributed by atoms with van der Waals surface area (Å²) in [4.78, 5) is 16.1. The van der Waals surface area contributed by atoms with Crippen molar-refractivity contribution in [3.8, 4) is 0 Å². The fourth-order valence-electron chi connectivity index (χ4n) is 2.77. The summed E-state index contributed by atoms with van der Waals surface area (Å²) in [5.74, 6) is -0.769. The Hall–Kier alpha value is -0.650. The number of carbonyl (C=O) groups is 1. The molecule has 5 heteroatoms.